The van der Waals surface area contributed by atoms with E-state index in [2.05, 4.69) is 20.7 Å². The molecule has 0 spiro atoms. The first-order chi connectivity index (χ1) is 12.6. The van der Waals surface area contributed by atoms with Crippen LogP contribution in [0.3, 0.4) is 0 Å². The van der Waals surface area contributed by atoms with E-state index in [9.17, 15) is 4.79 Å². The van der Waals surface area contributed by atoms with Crippen LogP contribution in [0.4, 0.5) is 0 Å². The van der Waals surface area contributed by atoms with Crippen molar-refractivity contribution in [1.29, 1.82) is 0 Å². The van der Waals surface area contributed by atoms with Crippen molar-refractivity contribution in [2.75, 3.05) is 13.2 Å². The average Bonchev–Trinajstić information content (AvgIpc) is 3.25. The van der Waals surface area contributed by atoms with Gasteiger partial charge in [-0.2, -0.15) is 5.10 Å². The van der Waals surface area contributed by atoms with E-state index in [1.807, 2.05) is 31.3 Å². The summed E-state index contributed by atoms with van der Waals surface area (Å²) in [6, 6.07) is 7.35. The Hall–Kier alpha value is -3.36. The number of hydrogen-bond donors (Lipinski definition) is 1. The molecular formula is C17H18N6O3. The predicted octanol–water partition coefficient (Wildman–Crippen LogP) is 1.01. The van der Waals surface area contributed by atoms with Gasteiger partial charge in [0.25, 0.3) is 5.91 Å². The second-order valence-corrected chi connectivity index (χ2v) is 5.89. The molecule has 134 valence electrons. The first-order valence-corrected chi connectivity index (χ1v) is 8.21. The molecule has 3 heterocycles. The van der Waals surface area contributed by atoms with Crippen LogP contribution in [0.2, 0.25) is 0 Å². The lowest BCUT2D eigenvalue weighted by molar-refractivity contribution is 0.0944. The highest BCUT2D eigenvalue weighted by Crippen LogP contribution is 2.32. The molecule has 1 N–H and O–H groups in total. The smallest absolute Gasteiger partial charge is 0.274 e. The average molecular weight is 354 g/mol. The topological polar surface area (TPSA) is 96.1 Å². The minimum Gasteiger partial charge on any atom is -0.486 e. The second kappa shape index (κ2) is 6.51. The zero-order chi connectivity index (χ0) is 18.1. The van der Waals surface area contributed by atoms with E-state index in [1.54, 1.807) is 22.5 Å². The molecule has 1 aliphatic rings. The first kappa shape index (κ1) is 16.1. The van der Waals surface area contributed by atoms with E-state index >= 15 is 0 Å². The number of carbonyl (C=O) groups excluding carboxylic acids is 1. The third-order valence-corrected chi connectivity index (χ3v) is 4.23. The van der Waals surface area contributed by atoms with Crippen molar-refractivity contribution in [2.24, 2.45) is 7.05 Å². The van der Waals surface area contributed by atoms with Crippen molar-refractivity contribution in [3.05, 3.63) is 47.5 Å². The molecule has 9 nitrogen and oxygen atoms in total. The van der Waals surface area contributed by atoms with Crippen LogP contribution in [0, 0.1) is 6.92 Å². The van der Waals surface area contributed by atoms with Crippen LogP contribution in [0.15, 0.2) is 30.5 Å². The molecule has 1 amide bonds. The molecule has 1 aliphatic heterocycles. The number of benzene rings is 1. The highest BCUT2D eigenvalue weighted by Gasteiger charge is 2.19. The monoisotopic (exact) mass is 354 g/mol. The highest BCUT2D eigenvalue weighted by atomic mass is 16.6. The Bertz CT molecular complexity index is 961. The van der Waals surface area contributed by atoms with E-state index in [4.69, 9.17) is 9.47 Å². The lowest BCUT2D eigenvalue weighted by Crippen LogP contribution is -2.25. The van der Waals surface area contributed by atoms with Crippen LogP contribution in [-0.2, 0) is 13.6 Å². The Morgan fingerprint density at radius 3 is 2.81 bits per heavy atom. The van der Waals surface area contributed by atoms with Crippen LogP contribution in [0.5, 0.6) is 11.5 Å². The van der Waals surface area contributed by atoms with Gasteiger partial charge in [0, 0.05) is 19.3 Å². The molecule has 0 fully saturated rings. The molecule has 0 saturated heterocycles. The number of aromatic nitrogens is 5. The third kappa shape index (κ3) is 2.87. The molecule has 4 rings (SSSR count). The molecule has 9 heteroatoms. The molecule has 0 saturated carbocycles. The summed E-state index contributed by atoms with van der Waals surface area (Å²) in [6.45, 7) is 3.21. The van der Waals surface area contributed by atoms with Gasteiger partial charge in [-0.25, -0.2) is 4.68 Å². The zero-order valence-electron chi connectivity index (χ0n) is 14.5. The van der Waals surface area contributed by atoms with Crippen molar-refractivity contribution in [3.63, 3.8) is 0 Å². The van der Waals surface area contributed by atoms with Crippen LogP contribution < -0.4 is 14.8 Å². The van der Waals surface area contributed by atoms with E-state index in [0.717, 1.165) is 11.4 Å². The number of ether oxygens (including phenoxy) is 2. The first-order valence-electron chi connectivity index (χ1n) is 8.21. The summed E-state index contributed by atoms with van der Waals surface area (Å²) in [7, 11) is 1.82. The molecule has 0 unspecified atom stereocenters. The van der Waals surface area contributed by atoms with Gasteiger partial charge in [0.05, 0.1) is 23.6 Å². The number of aryl methyl sites for hydroxylation is 1. The van der Waals surface area contributed by atoms with Crippen LogP contribution in [-0.4, -0.2) is 43.9 Å². The van der Waals surface area contributed by atoms with Gasteiger partial charge in [-0.3, -0.25) is 9.48 Å². The van der Waals surface area contributed by atoms with Crippen molar-refractivity contribution >= 4 is 5.91 Å². The zero-order valence-corrected chi connectivity index (χ0v) is 14.5. The van der Waals surface area contributed by atoms with Gasteiger partial charge in [-0.1, -0.05) is 5.21 Å². The van der Waals surface area contributed by atoms with Crippen LogP contribution in [0.25, 0.3) is 5.69 Å². The van der Waals surface area contributed by atoms with E-state index in [-0.39, 0.29) is 11.6 Å². The lowest BCUT2D eigenvalue weighted by atomic mass is 10.2. The fourth-order valence-corrected chi connectivity index (χ4v) is 2.78. The molecule has 3 aromatic rings. The van der Waals surface area contributed by atoms with Gasteiger partial charge < -0.3 is 14.8 Å². The number of fused-ring (bicyclic) bond motifs is 1. The standard InChI is InChI=1S/C17H18N6O3/c1-11-16(17(24)18-10-13-5-6-19-22(13)2)20-21-23(11)12-3-4-14-15(9-12)26-8-7-25-14/h3-6,9H,7-8,10H2,1-2H3,(H,18,24). The molecule has 2 aromatic heterocycles. The highest BCUT2D eigenvalue weighted by molar-refractivity contribution is 5.93. The number of carbonyl (C=O) groups is 1. The number of nitrogens with one attached hydrogen (secondary N) is 1. The van der Waals surface area contributed by atoms with Gasteiger partial charge in [0.15, 0.2) is 17.2 Å². The fourth-order valence-electron chi connectivity index (χ4n) is 2.78. The SMILES string of the molecule is Cc1c(C(=O)NCc2ccnn2C)nnn1-c1ccc2c(c1)OCCO2. The van der Waals surface area contributed by atoms with Crippen LogP contribution in [0.1, 0.15) is 21.9 Å². The summed E-state index contributed by atoms with van der Waals surface area (Å²) < 4.78 is 14.4. The second-order valence-electron chi connectivity index (χ2n) is 5.89. The Morgan fingerprint density at radius 1 is 1.23 bits per heavy atom. The number of rotatable bonds is 4. The quantitative estimate of drug-likeness (QED) is 0.751. The Morgan fingerprint density at radius 2 is 2.04 bits per heavy atom. The summed E-state index contributed by atoms with van der Waals surface area (Å²) in [4.78, 5) is 12.4. The number of amides is 1. The van der Waals surface area contributed by atoms with Gasteiger partial charge in [-0.15, -0.1) is 5.10 Å². The van der Waals surface area contributed by atoms with Crippen molar-refractivity contribution in [3.8, 4) is 17.2 Å². The molecule has 0 aliphatic carbocycles. The van der Waals surface area contributed by atoms with E-state index in [1.165, 1.54) is 0 Å². The molecule has 26 heavy (non-hydrogen) atoms. The summed E-state index contributed by atoms with van der Waals surface area (Å²) in [6.07, 6.45) is 1.69. The van der Waals surface area contributed by atoms with Gasteiger partial charge in [0.2, 0.25) is 0 Å². The summed E-state index contributed by atoms with van der Waals surface area (Å²) in [5.74, 6) is 1.07. The minimum absolute atomic E-state index is 0.280. The van der Waals surface area contributed by atoms with Crippen molar-refractivity contribution < 1.29 is 14.3 Å². The molecular weight excluding hydrogens is 336 g/mol. The Labute approximate surface area is 149 Å². The third-order valence-electron chi connectivity index (χ3n) is 4.23. The van der Waals surface area contributed by atoms with Gasteiger partial charge in [0.1, 0.15) is 13.2 Å². The van der Waals surface area contributed by atoms with Crippen molar-refractivity contribution in [1.82, 2.24) is 30.1 Å². The summed E-state index contributed by atoms with van der Waals surface area (Å²) >= 11 is 0. The molecule has 0 bridgehead atoms. The molecule has 0 radical (unpaired) electrons. The summed E-state index contributed by atoms with van der Waals surface area (Å²) in [5, 5.41) is 15.1. The van der Waals surface area contributed by atoms with Crippen LogP contribution >= 0.6 is 0 Å². The predicted molar refractivity (Wildman–Crippen MR) is 91.5 cm³/mol. The maximum absolute atomic E-state index is 12.4. The molecule has 0 atom stereocenters. The number of hydrogen-bond acceptors (Lipinski definition) is 6. The Kier molecular flexibility index (Phi) is 4.04. The van der Waals surface area contributed by atoms with E-state index < -0.39 is 0 Å². The van der Waals surface area contributed by atoms with Gasteiger partial charge in [-0.05, 0) is 25.1 Å². The maximum Gasteiger partial charge on any atom is 0.274 e. The van der Waals surface area contributed by atoms with Gasteiger partial charge >= 0.3 is 0 Å². The lowest BCUT2D eigenvalue weighted by Gasteiger charge is -2.18. The largest absolute Gasteiger partial charge is 0.486 e. The van der Waals surface area contributed by atoms with Crippen molar-refractivity contribution in [2.45, 2.75) is 13.5 Å². The Balaban J connectivity index is 1.54. The normalized spacial score (nSPS) is 12.8. The maximum atomic E-state index is 12.4. The number of nitrogens with zero attached hydrogens (tertiary/aromatic N) is 5. The van der Waals surface area contributed by atoms with E-state index in [0.29, 0.717) is 37.0 Å². The minimum atomic E-state index is -0.285. The molecule has 1 aromatic carbocycles. The summed E-state index contributed by atoms with van der Waals surface area (Å²) in [5.41, 5.74) is 2.58. The fraction of sp³-hybridized carbons (Fsp3) is 0.294.